The molecule has 0 saturated carbocycles. The van der Waals surface area contributed by atoms with E-state index in [9.17, 15) is 9.59 Å². The largest absolute Gasteiger partial charge is 0.308 e. The normalized spacial score (nSPS) is 15.7. The van der Waals surface area contributed by atoms with Gasteiger partial charge in [-0.2, -0.15) is 0 Å². The number of carbonyl (C=O) groups excluding carboxylic acids is 1. The van der Waals surface area contributed by atoms with E-state index in [1.54, 1.807) is 4.57 Å². The lowest BCUT2D eigenvalue weighted by molar-refractivity contribution is -0.116. The van der Waals surface area contributed by atoms with E-state index in [1.807, 2.05) is 58.7 Å². The molecule has 0 N–H and O–H groups in total. The van der Waals surface area contributed by atoms with Crippen LogP contribution in [0, 0.1) is 0 Å². The summed E-state index contributed by atoms with van der Waals surface area (Å²) >= 11 is 1.36. The number of hydrogen-bond acceptors (Lipinski definition) is 5. The van der Waals surface area contributed by atoms with Crippen LogP contribution < -0.4 is 10.5 Å². The zero-order chi connectivity index (χ0) is 21.5. The molecule has 1 amide bonds. The highest BCUT2D eigenvalue weighted by Crippen LogP contribution is 2.33. The molecule has 0 aliphatic carbocycles. The van der Waals surface area contributed by atoms with E-state index >= 15 is 0 Å². The Labute approximate surface area is 183 Å². The van der Waals surface area contributed by atoms with Gasteiger partial charge in [-0.15, -0.1) is 10.2 Å². The van der Waals surface area contributed by atoms with Crippen molar-refractivity contribution in [2.75, 3.05) is 10.7 Å². The molecular formula is C23H23N5O2S. The fourth-order valence-electron chi connectivity index (χ4n) is 4.39. The van der Waals surface area contributed by atoms with Crippen LogP contribution in [0.2, 0.25) is 0 Å². The summed E-state index contributed by atoms with van der Waals surface area (Å²) in [5.74, 6) is 0.812. The number of aromatic nitrogens is 4. The fraction of sp³-hybridized carbons (Fsp3) is 0.304. The van der Waals surface area contributed by atoms with Gasteiger partial charge in [-0.1, -0.05) is 49.0 Å². The number of para-hydroxylation sites is 2. The third-order valence-electron chi connectivity index (χ3n) is 5.73. The van der Waals surface area contributed by atoms with E-state index in [-0.39, 0.29) is 23.3 Å². The molecule has 31 heavy (non-hydrogen) atoms. The maximum absolute atomic E-state index is 13.1. The van der Waals surface area contributed by atoms with Crippen molar-refractivity contribution in [3.05, 3.63) is 64.4 Å². The number of rotatable bonds is 5. The van der Waals surface area contributed by atoms with Crippen molar-refractivity contribution in [2.45, 2.75) is 44.4 Å². The summed E-state index contributed by atoms with van der Waals surface area (Å²) in [4.78, 5) is 28.0. The van der Waals surface area contributed by atoms with Crippen LogP contribution in [0.25, 0.3) is 16.7 Å². The van der Waals surface area contributed by atoms with Crippen molar-refractivity contribution in [1.29, 1.82) is 0 Å². The van der Waals surface area contributed by atoms with Gasteiger partial charge in [-0.05, 0) is 43.5 Å². The van der Waals surface area contributed by atoms with Crippen LogP contribution in [-0.4, -0.2) is 36.9 Å². The van der Waals surface area contributed by atoms with Crippen LogP contribution in [-0.2, 0) is 17.8 Å². The van der Waals surface area contributed by atoms with Crippen molar-refractivity contribution in [2.24, 2.45) is 0 Å². The molecule has 0 bridgehead atoms. The first kappa shape index (κ1) is 19.8. The van der Waals surface area contributed by atoms with Gasteiger partial charge in [0.05, 0.1) is 16.7 Å². The van der Waals surface area contributed by atoms with Gasteiger partial charge in [0, 0.05) is 18.3 Å². The molecule has 7 nitrogen and oxygen atoms in total. The van der Waals surface area contributed by atoms with E-state index in [4.69, 9.17) is 0 Å². The molecule has 2 aromatic carbocycles. The molecule has 8 heteroatoms. The fourth-order valence-corrected chi connectivity index (χ4v) is 5.19. The molecule has 1 aliphatic rings. The summed E-state index contributed by atoms with van der Waals surface area (Å²) in [5.41, 5.74) is 2.90. The van der Waals surface area contributed by atoms with Crippen LogP contribution in [0.4, 0.5) is 5.69 Å². The van der Waals surface area contributed by atoms with Crippen molar-refractivity contribution in [3.8, 4) is 0 Å². The molecule has 0 saturated heterocycles. The summed E-state index contributed by atoms with van der Waals surface area (Å²) < 4.78 is 3.56. The third kappa shape index (κ3) is 3.22. The standard InChI is InChI=1S/C23H23N5O2S/c1-3-12-26-21(30)17-9-5-7-11-19(17)28-22(26)24-25-23(28)31-14-20(29)27-15(2)13-16-8-4-6-10-18(16)27/h4-11,15H,3,12-14H2,1-2H3/t15-/m1/s1. The molecule has 3 heterocycles. The molecule has 1 atom stereocenters. The molecule has 1 aliphatic heterocycles. The van der Waals surface area contributed by atoms with Gasteiger partial charge in [0.1, 0.15) is 0 Å². The second kappa shape index (κ2) is 7.85. The van der Waals surface area contributed by atoms with Gasteiger partial charge in [0.2, 0.25) is 11.7 Å². The highest BCUT2D eigenvalue weighted by Gasteiger charge is 2.30. The number of benzene rings is 2. The van der Waals surface area contributed by atoms with E-state index in [0.29, 0.717) is 22.9 Å². The maximum Gasteiger partial charge on any atom is 0.262 e. The molecule has 0 radical (unpaired) electrons. The van der Waals surface area contributed by atoms with Crippen molar-refractivity contribution < 1.29 is 4.79 Å². The number of thioether (sulfide) groups is 1. The van der Waals surface area contributed by atoms with Crippen LogP contribution in [0.15, 0.2) is 58.5 Å². The molecule has 4 aromatic rings. The molecule has 0 fully saturated rings. The van der Waals surface area contributed by atoms with Crippen molar-refractivity contribution in [3.63, 3.8) is 0 Å². The Bertz CT molecular complexity index is 1360. The predicted octanol–water partition coefficient (Wildman–Crippen LogP) is 3.52. The topological polar surface area (TPSA) is 72.5 Å². The molecule has 0 spiro atoms. The number of fused-ring (bicyclic) bond motifs is 4. The average Bonchev–Trinajstić information content (AvgIpc) is 3.35. The Balaban J connectivity index is 1.51. The lowest BCUT2D eigenvalue weighted by Gasteiger charge is -2.22. The second-order valence-electron chi connectivity index (χ2n) is 7.83. The minimum absolute atomic E-state index is 0.0467. The smallest absolute Gasteiger partial charge is 0.262 e. The van der Waals surface area contributed by atoms with Crippen LogP contribution in [0.1, 0.15) is 25.8 Å². The maximum atomic E-state index is 13.1. The molecule has 2 aromatic heterocycles. The van der Waals surface area contributed by atoms with Crippen molar-refractivity contribution in [1.82, 2.24) is 19.2 Å². The van der Waals surface area contributed by atoms with Crippen molar-refractivity contribution >= 4 is 40.0 Å². The Morgan fingerprint density at radius 1 is 1.13 bits per heavy atom. The Morgan fingerprint density at radius 2 is 1.90 bits per heavy atom. The third-order valence-corrected chi connectivity index (χ3v) is 6.64. The first-order valence-corrected chi connectivity index (χ1v) is 11.5. The number of hydrogen-bond donors (Lipinski definition) is 0. The summed E-state index contributed by atoms with van der Waals surface area (Å²) in [5, 5.41) is 9.88. The van der Waals surface area contributed by atoms with Gasteiger partial charge in [0.15, 0.2) is 5.16 Å². The monoisotopic (exact) mass is 433 g/mol. The highest BCUT2D eigenvalue weighted by atomic mass is 32.2. The van der Waals surface area contributed by atoms with Gasteiger partial charge in [-0.3, -0.25) is 18.6 Å². The Morgan fingerprint density at radius 3 is 2.74 bits per heavy atom. The lowest BCUT2D eigenvalue weighted by atomic mass is 10.1. The summed E-state index contributed by atoms with van der Waals surface area (Å²) in [6.07, 6.45) is 1.68. The van der Waals surface area contributed by atoms with E-state index < -0.39 is 0 Å². The summed E-state index contributed by atoms with van der Waals surface area (Å²) in [6.45, 7) is 4.67. The molecule has 5 rings (SSSR count). The first-order valence-electron chi connectivity index (χ1n) is 10.5. The number of carbonyl (C=O) groups is 1. The average molecular weight is 434 g/mol. The van der Waals surface area contributed by atoms with Gasteiger partial charge < -0.3 is 4.90 Å². The number of amides is 1. The van der Waals surface area contributed by atoms with Gasteiger partial charge in [-0.25, -0.2) is 0 Å². The van der Waals surface area contributed by atoms with Gasteiger partial charge >= 0.3 is 0 Å². The van der Waals surface area contributed by atoms with E-state index in [1.165, 1.54) is 17.3 Å². The SMILES string of the molecule is CCCn1c(=O)c2ccccc2n2c(SCC(=O)N3c4ccccc4C[C@H]3C)nnc12. The van der Waals surface area contributed by atoms with Crippen LogP contribution in [0.3, 0.4) is 0 Å². The summed E-state index contributed by atoms with van der Waals surface area (Å²) in [6, 6.07) is 15.7. The molecule has 158 valence electrons. The molecular weight excluding hydrogens is 410 g/mol. The quantitative estimate of drug-likeness (QED) is 0.450. The molecule has 0 unspecified atom stereocenters. The minimum atomic E-state index is -0.0625. The number of aryl methyl sites for hydroxylation is 1. The van der Waals surface area contributed by atoms with Crippen LogP contribution in [0.5, 0.6) is 0 Å². The highest BCUT2D eigenvalue weighted by molar-refractivity contribution is 7.99. The zero-order valence-electron chi connectivity index (χ0n) is 17.5. The predicted molar refractivity (Wildman–Crippen MR) is 123 cm³/mol. The second-order valence-corrected chi connectivity index (χ2v) is 8.77. The van der Waals surface area contributed by atoms with E-state index in [0.717, 1.165) is 24.0 Å². The minimum Gasteiger partial charge on any atom is -0.308 e. The van der Waals surface area contributed by atoms with Crippen LogP contribution >= 0.6 is 11.8 Å². The number of anilines is 1. The Hall–Kier alpha value is -3.13. The van der Waals surface area contributed by atoms with Gasteiger partial charge in [0.25, 0.3) is 5.56 Å². The number of nitrogens with zero attached hydrogens (tertiary/aromatic N) is 5. The first-order chi connectivity index (χ1) is 15.1. The van der Waals surface area contributed by atoms with E-state index in [2.05, 4.69) is 23.2 Å². The zero-order valence-corrected chi connectivity index (χ0v) is 18.3. The lowest BCUT2D eigenvalue weighted by Crippen LogP contribution is -2.37. The summed E-state index contributed by atoms with van der Waals surface area (Å²) in [7, 11) is 0. The Kier molecular flexibility index (Phi) is 5.02.